The quantitative estimate of drug-likeness (QED) is 0.826. The van der Waals surface area contributed by atoms with Crippen LogP contribution in [0.4, 0.5) is 0 Å². The molecule has 1 atom stereocenters. The first-order chi connectivity index (χ1) is 9.68. The fourth-order valence-corrected chi connectivity index (χ4v) is 2.55. The number of hydrogen-bond acceptors (Lipinski definition) is 4. The Morgan fingerprint density at radius 1 is 1.30 bits per heavy atom. The Kier molecular flexibility index (Phi) is 4.99. The van der Waals surface area contributed by atoms with Crippen molar-refractivity contribution in [2.75, 3.05) is 32.9 Å². The van der Waals surface area contributed by atoms with Crippen molar-refractivity contribution < 1.29 is 9.47 Å². The summed E-state index contributed by atoms with van der Waals surface area (Å²) >= 11 is 0. The summed E-state index contributed by atoms with van der Waals surface area (Å²) in [6.07, 6.45) is 0.718. The van der Waals surface area contributed by atoms with Crippen molar-refractivity contribution in [3.05, 3.63) is 29.8 Å². The SMILES string of the molecule is CCOc1ccc(CC(C)(C#N)N2CCOCC2)cc1. The lowest BCUT2D eigenvalue weighted by atomic mass is 9.92. The molecule has 0 amide bonds. The van der Waals surface area contributed by atoms with E-state index in [1.165, 1.54) is 0 Å². The third-order valence-corrected chi connectivity index (χ3v) is 3.73. The second kappa shape index (κ2) is 6.74. The maximum atomic E-state index is 9.58. The highest BCUT2D eigenvalue weighted by Gasteiger charge is 2.33. The van der Waals surface area contributed by atoms with E-state index in [1.807, 2.05) is 38.1 Å². The van der Waals surface area contributed by atoms with E-state index in [-0.39, 0.29) is 0 Å². The summed E-state index contributed by atoms with van der Waals surface area (Å²) in [6.45, 7) is 7.71. The van der Waals surface area contributed by atoms with Crippen LogP contribution in [-0.2, 0) is 11.2 Å². The van der Waals surface area contributed by atoms with Crippen molar-refractivity contribution in [2.24, 2.45) is 0 Å². The van der Waals surface area contributed by atoms with E-state index in [2.05, 4.69) is 11.0 Å². The largest absolute Gasteiger partial charge is 0.494 e. The topological polar surface area (TPSA) is 45.5 Å². The Bertz CT molecular complexity index is 460. The molecular formula is C16H22N2O2. The van der Waals surface area contributed by atoms with Gasteiger partial charge in [0.25, 0.3) is 0 Å². The fourth-order valence-electron chi connectivity index (χ4n) is 2.55. The van der Waals surface area contributed by atoms with Crippen LogP contribution in [0, 0.1) is 11.3 Å². The van der Waals surface area contributed by atoms with Gasteiger partial charge in [-0.25, -0.2) is 0 Å². The molecule has 1 aromatic rings. The normalized spacial score (nSPS) is 19.1. The molecule has 1 fully saturated rings. The van der Waals surface area contributed by atoms with Crippen LogP contribution in [0.3, 0.4) is 0 Å². The zero-order valence-electron chi connectivity index (χ0n) is 12.3. The monoisotopic (exact) mass is 274 g/mol. The number of rotatable bonds is 5. The highest BCUT2D eigenvalue weighted by Crippen LogP contribution is 2.23. The number of nitriles is 1. The smallest absolute Gasteiger partial charge is 0.119 e. The van der Waals surface area contributed by atoms with E-state index >= 15 is 0 Å². The minimum absolute atomic E-state index is 0.475. The maximum absolute atomic E-state index is 9.58. The van der Waals surface area contributed by atoms with Crippen LogP contribution in [0.1, 0.15) is 19.4 Å². The van der Waals surface area contributed by atoms with Crippen LogP contribution in [0.2, 0.25) is 0 Å². The van der Waals surface area contributed by atoms with Gasteiger partial charge in [0.05, 0.1) is 25.9 Å². The average Bonchev–Trinajstić information content (AvgIpc) is 2.50. The van der Waals surface area contributed by atoms with Crippen LogP contribution >= 0.6 is 0 Å². The van der Waals surface area contributed by atoms with Gasteiger partial charge in [0.2, 0.25) is 0 Å². The summed E-state index contributed by atoms with van der Waals surface area (Å²) in [4.78, 5) is 2.22. The number of nitrogens with zero attached hydrogens (tertiary/aromatic N) is 2. The molecule has 0 spiro atoms. The lowest BCUT2D eigenvalue weighted by Gasteiger charge is -2.38. The van der Waals surface area contributed by atoms with Gasteiger partial charge in [0.1, 0.15) is 11.3 Å². The van der Waals surface area contributed by atoms with E-state index < -0.39 is 5.54 Å². The highest BCUT2D eigenvalue weighted by molar-refractivity contribution is 5.29. The van der Waals surface area contributed by atoms with Crippen LogP contribution < -0.4 is 4.74 Å². The van der Waals surface area contributed by atoms with Gasteiger partial charge >= 0.3 is 0 Å². The van der Waals surface area contributed by atoms with E-state index in [9.17, 15) is 5.26 Å². The first-order valence-corrected chi connectivity index (χ1v) is 7.14. The van der Waals surface area contributed by atoms with Crippen molar-refractivity contribution >= 4 is 0 Å². The lowest BCUT2D eigenvalue weighted by molar-refractivity contribution is 0.00189. The van der Waals surface area contributed by atoms with Gasteiger partial charge in [0.15, 0.2) is 0 Å². The zero-order valence-corrected chi connectivity index (χ0v) is 12.3. The summed E-state index contributed by atoms with van der Waals surface area (Å²) in [5.41, 5.74) is 0.681. The van der Waals surface area contributed by atoms with Crippen molar-refractivity contribution in [1.82, 2.24) is 4.90 Å². The summed E-state index contributed by atoms with van der Waals surface area (Å²) in [7, 11) is 0. The molecule has 0 bridgehead atoms. The lowest BCUT2D eigenvalue weighted by Crippen LogP contribution is -2.52. The highest BCUT2D eigenvalue weighted by atomic mass is 16.5. The zero-order chi connectivity index (χ0) is 14.4. The fraction of sp³-hybridized carbons (Fsp3) is 0.562. The molecule has 4 heteroatoms. The van der Waals surface area contributed by atoms with Crippen molar-refractivity contribution in [2.45, 2.75) is 25.8 Å². The summed E-state index contributed by atoms with van der Waals surface area (Å²) in [5.74, 6) is 0.876. The standard InChI is InChI=1S/C16H22N2O2/c1-3-20-15-6-4-14(5-7-15)12-16(2,13-17)18-8-10-19-11-9-18/h4-7H,3,8-12H2,1-2H3. The van der Waals surface area contributed by atoms with Crippen LogP contribution in [0.25, 0.3) is 0 Å². The van der Waals surface area contributed by atoms with Gasteiger partial charge in [-0.15, -0.1) is 0 Å². The summed E-state index contributed by atoms with van der Waals surface area (Å²) in [5, 5.41) is 9.58. The van der Waals surface area contributed by atoms with Crippen molar-refractivity contribution in [3.63, 3.8) is 0 Å². The summed E-state index contributed by atoms with van der Waals surface area (Å²) in [6, 6.07) is 10.5. The van der Waals surface area contributed by atoms with Gasteiger partial charge in [-0.2, -0.15) is 5.26 Å². The summed E-state index contributed by atoms with van der Waals surface area (Å²) < 4.78 is 10.8. The third-order valence-electron chi connectivity index (χ3n) is 3.73. The minimum Gasteiger partial charge on any atom is -0.494 e. The molecule has 1 heterocycles. The first-order valence-electron chi connectivity index (χ1n) is 7.14. The molecule has 4 nitrogen and oxygen atoms in total. The molecule has 0 N–H and O–H groups in total. The van der Waals surface area contributed by atoms with E-state index in [0.29, 0.717) is 19.8 Å². The second-order valence-electron chi connectivity index (χ2n) is 5.24. The Labute approximate surface area is 120 Å². The molecule has 20 heavy (non-hydrogen) atoms. The van der Waals surface area contributed by atoms with E-state index in [0.717, 1.165) is 30.8 Å². The molecule has 0 aromatic heterocycles. The minimum atomic E-state index is -0.475. The van der Waals surface area contributed by atoms with Crippen LogP contribution in [0.5, 0.6) is 5.75 Å². The van der Waals surface area contributed by atoms with Gasteiger partial charge in [-0.3, -0.25) is 4.90 Å². The Morgan fingerprint density at radius 3 is 2.50 bits per heavy atom. The molecule has 1 saturated heterocycles. The van der Waals surface area contributed by atoms with Crippen molar-refractivity contribution in [1.29, 1.82) is 5.26 Å². The molecule has 0 saturated carbocycles. The first kappa shape index (κ1) is 14.8. The third kappa shape index (κ3) is 3.50. The van der Waals surface area contributed by atoms with E-state index in [1.54, 1.807) is 0 Å². The van der Waals surface area contributed by atoms with Gasteiger partial charge < -0.3 is 9.47 Å². The predicted octanol–water partition coefficient (Wildman–Crippen LogP) is 2.24. The number of hydrogen-bond donors (Lipinski definition) is 0. The molecule has 2 rings (SSSR count). The molecule has 1 aliphatic heterocycles. The number of ether oxygens (including phenoxy) is 2. The van der Waals surface area contributed by atoms with E-state index in [4.69, 9.17) is 9.47 Å². The molecular weight excluding hydrogens is 252 g/mol. The Hall–Kier alpha value is -1.57. The van der Waals surface area contributed by atoms with Gasteiger partial charge in [0, 0.05) is 19.5 Å². The average molecular weight is 274 g/mol. The van der Waals surface area contributed by atoms with Crippen molar-refractivity contribution in [3.8, 4) is 11.8 Å². The second-order valence-corrected chi connectivity index (χ2v) is 5.24. The van der Waals surface area contributed by atoms with Gasteiger partial charge in [-0.1, -0.05) is 12.1 Å². The Balaban J connectivity index is 2.06. The molecule has 1 unspecified atom stereocenters. The number of morpholine rings is 1. The van der Waals surface area contributed by atoms with Crippen LogP contribution in [0.15, 0.2) is 24.3 Å². The predicted molar refractivity (Wildman–Crippen MR) is 77.7 cm³/mol. The number of benzene rings is 1. The molecule has 1 aliphatic rings. The van der Waals surface area contributed by atoms with Crippen LogP contribution in [-0.4, -0.2) is 43.3 Å². The molecule has 0 radical (unpaired) electrons. The molecule has 1 aromatic carbocycles. The van der Waals surface area contributed by atoms with Gasteiger partial charge in [-0.05, 0) is 31.5 Å². The molecule has 0 aliphatic carbocycles. The molecule has 108 valence electrons. The Morgan fingerprint density at radius 2 is 1.95 bits per heavy atom. The maximum Gasteiger partial charge on any atom is 0.119 e.